The highest BCUT2D eigenvalue weighted by molar-refractivity contribution is 5.63. The third-order valence-electron chi connectivity index (χ3n) is 2.74. The van der Waals surface area contributed by atoms with Gasteiger partial charge >= 0.3 is 6.16 Å². The molecule has 0 N–H and O–H groups in total. The standard InChI is InChI=1S/C13H16N2O8/c1-10(23-15(19)20)4-2-3-9-21-13(16)22-12-7-5-11(6-8-12)14(17)18/h5-8,10H,2-4,9H2,1H3. The number of carbonyl (C=O) groups is 1. The number of unbranched alkanes of at least 4 members (excludes halogenated alkanes) is 1. The zero-order valence-electron chi connectivity index (χ0n) is 12.4. The highest BCUT2D eigenvalue weighted by atomic mass is 17.0. The lowest BCUT2D eigenvalue weighted by Gasteiger charge is -2.09. The summed E-state index contributed by atoms with van der Waals surface area (Å²) < 4.78 is 9.65. The molecule has 1 rings (SSSR count). The normalized spacial score (nSPS) is 11.3. The van der Waals surface area contributed by atoms with Gasteiger partial charge in [-0.3, -0.25) is 10.1 Å². The molecular formula is C13H16N2O8. The van der Waals surface area contributed by atoms with Crippen molar-refractivity contribution in [3.8, 4) is 5.75 Å². The van der Waals surface area contributed by atoms with Gasteiger partial charge in [0.25, 0.3) is 10.8 Å². The molecule has 23 heavy (non-hydrogen) atoms. The molecule has 0 bridgehead atoms. The number of non-ortho nitro benzene ring substituents is 1. The van der Waals surface area contributed by atoms with E-state index in [2.05, 4.69) is 4.84 Å². The first-order valence-electron chi connectivity index (χ1n) is 6.78. The molecule has 10 heteroatoms. The van der Waals surface area contributed by atoms with Crippen LogP contribution in [0.15, 0.2) is 24.3 Å². The maximum absolute atomic E-state index is 11.4. The molecule has 0 aliphatic rings. The molecule has 1 unspecified atom stereocenters. The maximum atomic E-state index is 11.4. The van der Waals surface area contributed by atoms with Crippen LogP contribution in [0.1, 0.15) is 26.2 Å². The summed E-state index contributed by atoms with van der Waals surface area (Å²) in [4.78, 5) is 35.7. The number of nitrogens with zero attached hydrogens (tertiary/aromatic N) is 2. The number of rotatable bonds is 9. The van der Waals surface area contributed by atoms with Crippen molar-refractivity contribution in [1.29, 1.82) is 0 Å². The summed E-state index contributed by atoms with van der Waals surface area (Å²) >= 11 is 0. The molecule has 1 aromatic carbocycles. The highest BCUT2D eigenvalue weighted by Gasteiger charge is 2.10. The molecular weight excluding hydrogens is 312 g/mol. The Morgan fingerprint density at radius 1 is 1.17 bits per heavy atom. The molecule has 0 amide bonds. The van der Waals surface area contributed by atoms with Crippen molar-refractivity contribution in [2.75, 3.05) is 6.61 Å². The van der Waals surface area contributed by atoms with Crippen LogP contribution in [-0.4, -0.2) is 28.9 Å². The minimum absolute atomic E-state index is 0.0942. The lowest BCUT2D eigenvalue weighted by atomic mass is 10.2. The Kier molecular flexibility index (Phi) is 7.24. The van der Waals surface area contributed by atoms with Crippen molar-refractivity contribution in [2.45, 2.75) is 32.3 Å². The zero-order chi connectivity index (χ0) is 17.2. The first-order valence-corrected chi connectivity index (χ1v) is 6.78. The molecule has 0 aliphatic carbocycles. The number of carbonyl (C=O) groups excluding carboxylic acids is 1. The quantitative estimate of drug-likeness (QED) is 0.222. The third-order valence-corrected chi connectivity index (χ3v) is 2.74. The van der Waals surface area contributed by atoms with Crippen molar-refractivity contribution >= 4 is 11.8 Å². The number of nitro benzene ring substituents is 1. The predicted molar refractivity (Wildman–Crippen MR) is 76.5 cm³/mol. The van der Waals surface area contributed by atoms with Crippen LogP contribution in [0.25, 0.3) is 0 Å². The van der Waals surface area contributed by atoms with Crippen molar-refractivity contribution in [3.05, 3.63) is 44.5 Å². The molecule has 126 valence electrons. The first-order chi connectivity index (χ1) is 10.9. The largest absolute Gasteiger partial charge is 0.513 e. The fourth-order valence-electron chi connectivity index (χ4n) is 1.65. The smallest absolute Gasteiger partial charge is 0.434 e. The van der Waals surface area contributed by atoms with E-state index in [1.54, 1.807) is 6.92 Å². The Bertz CT molecular complexity index is 545. The predicted octanol–water partition coefficient (Wildman–Crippen LogP) is 2.88. The van der Waals surface area contributed by atoms with E-state index in [0.717, 1.165) is 0 Å². The molecule has 10 nitrogen and oxygen atoms in total. The average Bonchev–Trinajstić information content (AvgIpc) is 2.46. The van der Waals surface area contributed by atoms with Gasteiger partial charge in [-0.15, -0.1) is 10.1 Å². The fourth-order valence-corrected chi connectivity index (χ4v) is 1.65. The van der Waals surface area contributed by atoms with Crippen molar-refractivity contribution in [3.63, 3.8) is 0 Å². The average molecular weight is 328 g/mol. The summed E-state index contributed by atoms with van der Waals surface area (Å²) in [6.45, 7) is 1.67. The van der Waals surface area contributed by atoms with Gasteiger partial charge in [0.15, 0.2) is 0 Å². The van der Waals surface area contributed by atoms with E-state index >= 15 is 0 Å². The van der Waals surface area contributed by atoms with E-state index in [-0.39, 0.29) is 18.0 Å². The molecule has 0 heterocycles. The molecule has 1 aromatic rings. The monoisotopic (exact) mass is 328 g/mol. The first kappa shape index (κ1) is 18.1. The van der Waals surface area contributed by atoms with Crippen LogP contribution in [0.2, 0.25) is 0 Å². The number of ether oxygens (including phenoxy) is 2. The van der Waals surface area contributed by atoms with Crippen molar-refractivity contribution in [2.24, 2.45) is 0 Å². The van der Waals surface area contributed by atoms with Crippen LogP contribution in [0, 0.1) is 20.2 Å². The molecule has 0 aliphatic heterocycles. The molecule has 1 atom stereocenters. The van der Waals surface area contributed by atoms with Crippen LogP contribution < -0.4 is 4.74 Å². The van der Waals surface area contributed by atoms with Gasteiger partial charge in [-0.25, -0.2) is 4.79 Å². The number of nitro groups is 1. The maximum Gasteiger partial charge on any atom is 0.513 e. The molecule has 0 spiro atoms. The zero-order valence-corrected chi connectivity index (χ0v) is 12.4. The lowest BCUT2D eigenvalue weighted by Crippen LogP contribution is -2.14. The Hall–Kier alpha value is -2.91. The fraction of sp³-hybridized carbons (Fsp3) is 0.462. The second kappa shape index (κ2) is 9.18. The van der Waals surface area contributed by atoms with Crippen LogP contribution in [0.5, 0.6) is 5.75 Å². The molecule has 0 radical (unpaired) electrons. The second-order valence-electron chi connectivity index (χ2n) is 4.59. The summed E-state index contributed by atoms with van der Waals surface area (Å²) in [5.74, 6) is 0.133. The third kappa shape index (κ3) is 7.60. The van der Waals surface area contributed by atoms with Crippen LogP contribution in [0.4, 0.5) is 10.5 Å². The summed E-state index contributed by atoms with van der Waals surface area (Å²) in [5.41, 5.74) is -0.114. The lowest BCUT2D eigenvalue weighted by molar-refractivity contribution is -0.767. The van der Waals surface area contributed by atoms with Crippen LogP contribution in [-0.2, 0) is 9.57 Å². The number of benzene rings is 1. The summed E-state index contributed by atoms with van der Waals surface area (Å²) in [5, 5.41) is 19.7. The molecule has 0 aromatic heterocycles. The number of hydrogen-bond donors (Lipinski definition) is 0. The molecule has 0 fully saturated rings. The molecule has 0 saturated carbocycles. The Labute approximate surface area is 131 Å². The Morgan fingerprint density at radius 3 is 2.39 bits per heavy atom. The van der Waals surface area contributed by atoms with Gasteiger partial charge in [0, 0.05) is 12.1 Å². The van der Waals surface area contributed by atoms with E-state index in [4.69, 9.17) is 9.47 Å². The van der Waals surface area contributed by atoms with Gasteiger partial charge in [0.1, 0.15) is 11.9 Å². The van der Waals surface area contributed by atoms with Crippen molar-refractivity contribution in [1.82, 2.24) is 0 Å². The SMILES string of the molecule is CC(CCCCOC(=O)Oc1ccc([N+](=O)[O-])cc1)O[N+](=O)[O-]. The van der Waals surface area contributed by atoms with E-state index in [9.17, 15) is 25.0 Å². The van der Waals surface area contributed by atoms with Gasteiger partial charge in [0.05, 0.1) is 11.5 Å². The summed E-state index contributed by atoms with van der Waals surface area (Å²) in [6.07, 6.45) is 0.105. The summed E-state index contributed by atoms with van der Waals surface area (Å²) in [6, 6.07) is 4.99. The van der Waals surface area contributed by atoms with Gasteiger partial charge in [-0.1, -0.05) is 0 Å². The van der Waals surface area contributed by atoms with E-state index < -0.39 is 22.3 Å². The van der Waals surface area contributed by atoms with Crippen LogP contribution >= 0.6 is 0 Å². The van der Waals surface area contributed by atoms with Crippen molar-refractivity contribution < 1.29 is 29.1 Å². The van der Waals surface area contributed by atoms with E-state index in [1.807, 2.05) is 0 Å². The van der Waals surface area contributed by atoms with E-state index in [1.165, 1.54) is 24.3 Å². The van der Waals surface area contributed by atoms with Gasteiger partial charge in [0.2, 0.25) is 0 Å². The topological polar surface area (TPSA) is 131 Å². The highest BCUT2D eigenvalue weighted by Crippen LogP contribution is 2.17. The Morgan fingerprint density at radius 2 is 1.83 bits per heavy atom. The minimum atomic E-state index is -0.923. The van der Waals surface area contributed by atoms with Gasteiger partial charge in [-0.2, -0.15) is 0 Å². The van der Waals surface area contributed by atoms with Gasteiger partial charge < -0.3 is 14.3 Å². The van der Waals surface area contributed by atoms with Gasteiger partial charge in [-0.05, 0) is 38.3 Å². The summed E-state index contributed by atoms with van der Waals surface area (Å²) in [7, 11) is 0. The van der Waals surface area contributed by atoms with E-state index in [0.29, 0.717) is 19.3 Å². The number of hydrogen-bond acceptors (Lipinski definition) is 8. The minimum Gasteiger partial charge on any atom is -0.434 e. The Balaban J connectivity index is 2.19. The van der Waals surface area contributed by atoms with Crippen LogP contribution in [0.3, 0.4) is 0 Å². The molecule has 0 saturated heterocycles. The second-order valence-corrected chi connectivity index (χ2v) is 4.59.